The highest BCUT2D eigenvalue weighted by Crippen LogP contribution is 2.22. The van der Waals surface area contributed by atoms with Crippen molar-refractivity contribution >= 4 is 12.2 Å². The minimum atomic E-state index is 0.574. The van der Waals surface area contributed by atoms with Gasteiger partial charge in [0.05, 0.1) is 0 Å². The summed E-state index contributed by atoms with van der Waals surface area (Å²) >= 11 is 5.32. The van der Waals surface area contributed by atoms with Gasteiger partial charge >= 0.3 is 0 Å². The van der Waals surface area contributed by atoms with Gasteiger partial charge in [0, 0.05) is 23.1 Å². The number of hydrogen-bond acceptors (Lipinski definition) is 3. The second-order valence-electron chi connectivity index (χ2n) is 4.16. The molecule has 0 spiro atoms. The second kappa shape index (κ2) is 4.78. The highest BCUT2D eigenvalue weighted by atomic mass is 32.1. The number of aryl methyl sites for hydroxylation is 1. The number of aromatic amines is 1. The fraction of sp³-hybridized carbons (Fsp3) is 0.0714. The van der Waals surface area contributed by atoms with Crippen LogP contribution in [0.4, 0.5) is 0 Å². The Labute approximate surface area is 115 Å². The predicted octanol–water partition coefficient (Wildman–Crippen LogP) is 3.30. The lowest BCUT2D eigenvalue weighted by Gasteiger charge is -2.08. The number of pyridine rings is 1. The summed E-state index contributed by atoms with van der Waals surface area (Å²) in [5.74, 6) is 0.779. The van der Waals surface area contributed by atoms with Crippen molar-refractivity contribution in [1.29, 1.82) is 0 Å². The van der Waals surface area contributed by atoms with Crippen molar-refractivity contribution in [1.82, 2.24) is 19.7 Å². The van der Waals surface area contributed by atoms with Crippen LogP contribution in [0.3, 0.4) is 0 Å². The maximum atomic E-state index is 5.32. The summed E-state index contributed by atoms with van der Waals surface area (Å²) in [4.78, 5) is 4.30. The van der Waals surface area contributed by atoms with Gasteiger partial charge in [-0.3, -0.25) is 14.6 Å². The molecule has 94 valence electrons. The van der Waals surface area contributed by atoms with Crippen LogP contribution in [0.2, 0.25) is 0 Å². The van der Waals surface area contributed by atoms with Crippen LogP contribution in [0, 0.1) is 11.7 Å². The normalized spacial score (nSPS) is 10.6. The van der Waals surface area contributed by atoms with Gasteiger partial charge in [-0.1, -0.05) is 18.2 Å². The van der Waals surface area contributed by atoms with E-state index in [2.05, 4.69) is 15.2 Å². The molecule has 19 heavy (non-hydrogen) atoms. The van der Waals surface area contributed by atoms with E-state index >= 15 is 0 Å². The van der Waals surface area contributed by atoms with Gasteiger partial charge in [0.25, 0.3) is 0 Å². The largest absolute Gasteiger partial charge is 0.268 e. The molecule has 0 saturated carbocycles. The molecule has 4 nitrogen and oxygen atoms in total. The Morgan fingerprint density at radius 2 is 1.89 bits per heavy atom. The van der Waals surface area contributed by atoms with Crippen molar-refractivity contribution in [2.75, 3.05) is 0 Å². The minimum Gasteiger partial charge on any atom is -0.268 e. The molecule has 5 heteroatoms. The van der Waals surface area contributed by atoms with E-state index in [4.69, 9.17) is 12.2 Å². The maximum absolute atomic E-state index is 5.32. The van der Waals surface area contributed by atoms with Crippen LogP contribution in [0.1, 0.15) is 5.69 Å². The van der Waals surface area contributed by atoms with Crippen molar-refractivity contribution < 1.29 is 0 Å². The van der Waals surface area contributed by atoms with Crippen LogP contribution in [0.25, 0.3) is 17.1 Å². The third kappa shape index (κ3) is 2.08. The summed E-state index contributed by atoms with van der Waals surface area (Å²) in [7, 11) is 0. The van der Waals surface area contributed by atoms with Gasteiger partial charge in [-0.15, -0.1) is 0 Å². The summed E-state index contributed by atoms with van der Waals surface area (Å²) in [6.07, 6.45) is 1.77. The Morgan fingerprint density at radius 1 is 1.11 bits per heavy atom. The number of nitrogens with zero attached hydrogens (tertiary/aromatic N) is 3. The molecular weight excluding hydrogens is 256 g/mol. The van der Waals surface area contributed by atoms with Crippen LogP contribution >= 0.6 is 12.2 Å². The van der Waals surface area contributed by atoms with Gasteiger partial charge in [0.1, 0.15) is 0 Å². The molecule has 0 aliphatic rings. The minimum absolute atomic E-state index is 0.574. The molecule has 0 bridgehead atoms. The van der Waals surface area contributed by atoms with E-state index in [0.717, 1.165) is 22.8 Å². The van der Waals surface area contributed by atoms with Crippen molar-refractivity contribution in [3.63, 3.8) is 0 Å². The molecule has 1 N–H and O–H groups in total. The zero-order valence-electron chi connectivity index (χ0n) is 10.4. The van der Waals surface area contributed by atoms with E-state index in [1.54, 1.807) is 6.20 Å². The average Bonchev–Trinajstić information content (AvgIpc) is 2.82. The third-order valence-corrected chi connectivity index (χ3v) is 3.21. The van der Waals surface area contributed by atoms with Gasteiger partial charge in [-0.05, 0) is 43.4 Å². The molecule has 0 amide bonds. The summed E-state index contributed by atoms with van der Waals surface area (Å²) < 4.78 is 2.49. The first-order chi connectivity index (χ1) is 9.27. The van der Waals surface area contributed by atoms with Gasteiger partial charge in [-0.2, -0.15) is 5.10 Å². The molecule has 3 aromatic rings. The quantitative estimate of drug-likeness (QED) is 0.725. The first kappa shape index (κ1) is 11.8. The van der Waals surface area contributed by atoms with Crippen molar-refractivity contribution in [3.05, 3.63) is 59.1 Å². The second-order valence-corrected chi connectivity index (χ2v) is 4.55. The van der Waals surface area contributed by atoms with E-state index in [1.807, 2.05) is 54.0 Å². The van der Waals surface area contributed by atoms with Crippen molar-refractivity contribution in [3.8, 4) is 17.1 Å². The Morgan fingerprint density at radius 3 is 2.63 bits per heavy atom. The van der Waals surface area contributed by atoms with Gasteiger partial charge < -0.3 is 0 Å². The molecule has 0 atom stereocenters. The fourth-order valence-electron chi connectivity index (χ4n) is 2.01. The molecule has 2 heterocycles. The standard InChI is InChI=1S/C14H12N4S/c1-10-12(8-5-9-15-10)13-16-17-14(19)18(13)11-6-3-2-4-7-11/h2-9H,1H3,(H,17,19). The lowest BCUT2D eigenvalue weighted by atomic mass is 10.2. The number of rotatable bonds is 2. The highest BCUT2D eigenvalue weighted by molar-refractivity contribution is 7.71. The molecule has 2 aromatic heterocycles. The Bertz CT molecular complexity index is 758. The number of aromatic nitrogens is 4. The Balaban J connectivity index is 2.26. The van der Waals surface area contributed by atoms with E-state index in [1.165, 1.54) is 0 Å². The average molecular weight is 268 g/mol. The van der Waals surface area contributed by atoms with E-state index in [9.17, 15) is 0 Å². The number of benzene rings is 1. The number of para-hydroxylation sites is 1. The Hall–Kier alpha value is -2.27. The zero-order chi connectivity index (χ0) is 13.2. The molecule has 0 radical (unpaired) electrons. The third-order valence-electron chi connectivity index (χ3n) is 2.93. The molecule has 3 rings (SSSR count). The number of H-pyrrole nitrogens is 1. The summed E-state index contributed by atoms with van der Waals surface area (Å²) in [6, 6.07) is 13.8. The monoisotopic (exact) mass is 268 g/mol. The van der Waals surface area contributed by atoms with Gasteiger partial charge in [0.2, 0.25) is 0 Å². The zero-order valence-corrected chi connectivity index (χ0v) is 11.2. The SMILES string of the molecule is Cc1ncccc1-c1n[nH]c(=S)n1-c1ccccc1. The van der Waals surface area contributed by atoms with Crippen LogP contribution in [-0.2, 0) is 0 Å². The van der Waals surface area contributed by atoms with Crippen molar-refractivity contribution in [2.45, 2.75) is 6.92 Å². The molecule has 0 saturated heterocycles. The lowest BCUT2D eigenvalue weighted by molar-refractivity contribution is 1.03. The van der Waals surface area contributed by atoms with E-state index in [-0.39, 0.29) is 0 Å². The molecular formula is C14H12N4S. The fourth-order valence-corrected chi connectivity index (χ4v) is 2.25. The smallest absolute Gasteiger partial charge is 0.200 e. The summed E-state index contributed by atoms with van der Waals surface area (Å²) in [5.41, 5.74) is 2.88. The van der Waals surface area contributed by atoms with Crippen molar-refractivity contribution in [2.24, 2.45) is 0 Å². The van der Waals surface area contributed by atoms with Gasteiger partial charge in [0.15, 0.2) is 10.6 Å². The maximum Gasteiger partial charge on any atom is 0.200 e. The predicted molar refractivity (Wildman–Crippen MR) is 76.7 cm³/mol. The molecule has 0 fully saturated rings. The molecule has 0 unspecified atom stereocenters. The van der Waals surface area contributed by atoms with E-state index < -0.39 is 0 Å². The molecule has 0 aliphatic heterocycles. The summed E-state index contributed by atoms with van der Waals surface area (Å²) in [6.45, 7) is 1.96. The van der Waals surface area contributed by atoms with Crippen LogP contribution in [0.5, 0.6) is 0 Å². The first-order valence-corrected chi connectivity index (χ1v) is 6.33. The number of nitrogens with one attached hydrogen (secondary N) is 1. The van der Waals surface area contributed by atoms with Crippen LogP contribution < -0.4 is 0 Å². The summed E-state index contributed by atoms with van der Waals surface area (Å²) in [5, 5.41) is 7.18. The first-order valence-electron chi connectivity index (χ1n) is 5.92. The van der Waals surface area contributed by atoms with Gasteiger partial charge in [-0.25, -0.2) is 0 Å². The topological polar surface area (TPSA) is 46.5 Å². The Kier molecular flexibility index (Phi) is 2.97. The lowest BCUT2D eigenvalue weighted by Crippen LogP contribution is -1.99. The van der Waals surface area contributed by atoms with Crippen LogP contribution in [0.15, 0.2) is 48.7 Å². The van der Waals surface area contributed by atoms with E-state index in [0.29, 0.717) is 4.77 Å². The number of hydrogen-bond donors (Lipinski definition) is 1. The highest BCUT2D eigenvalue weighted by Gasteiger charge is 2.12. The molecule has 0 aliphatic carbocycles. The molecule has 1 aromatic carbocycles. The van der Waals surface area contributed by atoms with Crippen LogP contribution in [-0.4, -0.2) is 19.7 Å².